The molecule has 4 heteroatoms. The van der Waals surface area contributed by atoms with Gasteiger partial charge in [0.2, 0.25) is 5.91 Å². The van der Waals surface area contributed by atoms with E-state index in [4.69, 9.17) is 0 Å². The fourth-order valence-electron chi connectivity index (χ4n) is 1.19. The number of nitrogens with zero attached hydrogens (tertiary/aromatic N) is 1. The molecular formula is C11H14N2O2. The van der Waals surface area contributed by atoms with Gasteiger partial charge >= 0.3 is 0 Å². The van der Waals surface area contributed by atoms with Crippen LogP contribution in [0.2, 0.25) is 0 Å². The van der Waals surface area contributed by atoms with Crippen molar-refractivity contribution in [3.05, 3.63) is 29.8 Å². The Balaban J connectivity index is 2.97. The van der Waals surface area contributed by atoms with Gasteiger partial charge in [-0.15, -0.1) is 0 Å². The van der Waals surface area contributed by atoms with Crippen molar-refractivity contribution in [1.29, 1.82) is 0 Å². The number of phenolic OH excluding ortho intramolecular Hbond substituents is 1. The third kappa shape index (κ3) is 3.09. The Morgan fingerprint density at radius 2 is 2.13 bits per heavy atom. The largest absolute Gasteiger partial charge is 0.507 e. The van der Waals surface area contributed by atoms with Gasteiger partial charge in [-0.2, -0.15) is 5.10 Å². The van der Waals surface area contributed by atoms with Crippen LogP contribution < -0.4 is 5.43 Å². The zero-order chi connectivity index (χ0) is 11.3. The average Bonchev–Trinajstić information content (AvgIpc) is 2.21. The molecule has 80 valence electrons. The topological polar surface area (TPSA) is 61.7 Å². The number of rotatable bonds is 3. The van der Waals surface area contributed by atoms with Crippen LogP contribution in [0.5, 0.6) is 5.75 Å². The van der Waals surface area contributed by atoms with E-state index in [1.807, 2.05) is 13.0 Å². The lowest BCUT2D eigenvalue weighted by Gasteiger charge is -2.05. The Labute approximate surface area is 88.6 Å². The fourth-order valence-corrected chi connectivity index (χ4v) is 1.19. The number of hydrazone groups is 1. The summed E-state index contributed by atoms with van der Waals surface area (Å²) in [6.45, 7) is 3.30. The van der Waals surface area contributed by atoms with Gasteiger partial charge in [-0.3, -0.25) is 4.79 Å². The summed E-state index contributed by atoms with van der Waals surface area (Å²) in [5, 5.41) is 13.5. The monoisotopic (exact) mass is 206 g/mol. The van der Waals surface area contributed by atoms with Crippen LogP contribution in [0.1, 0.15) is 25.8 Å². The van der Waals surface area contributed by atoms with E-state index in [9.17, 15) is 9.90 Å². The number of hydrogen-bond acceptors (Lipinski definition) is 3. The number of hydrogen-bond donors (Lipinski definition) is 2. The quantitative estimate of drug-likeness (QED) is 0.583. The lowest BCUT2D eigenvalue weighted by molar-refractivity contribution is -0.118. The minimum Gasteiger partial charge on any atom is -0.507 e. The molecule has 0 saturated carbocycles. The molecule has 0 aliphatic rings. The van der Waals surface area contributed by atoms with Crippen LogP contribution in [-0.4, -0.2) is 16.7 Å². The number of carbonyl (C=O) groups excluding carboxylic acids is 1. The van der Waals surface area contributed by atoms with Crippen molar-refractivity contribution in [3.63, 3.8) is 0 Å². The molecule has 15 heavy (non-hydrogen) atoms. The van der Waals surface area contributed by atoms with Gasteiger partial charge in [-0.25, -0.2) is 5.43 Å². The molecule has 1 rings (SSSR count). The molecule has 0 aliphatic carbocycles. The molecule has 0 aliphatic heterocycles. The maximum absolute atomic E-state index is 10.7. The molecule has 0 unspecified atom stereocenters. The van der Waals surface area contributed by atoms with Crippen molar-refractivity contribution < 1.29 is 9.90 Å². The predicted molar refractivity (Wildman–Crippen MR) is 58.8 cm³/mol. The number of benzene rings is 1. The minimum atomic E-state index is -0.226. The highest BCUT2D eigenvalue weighted by Gasteiger charge is 2.06. The Bertz CT molecular complexity index is 386. The molecule has 1 aromatic carbocycles. The number of aromatic hydroxyl groups is 1. The van der Waals surface area contributed by atoms with E-state index in [-0.39, 0.29) is 11.7 Å². The van der Waals surface area contributed by atoms with Gasteiger partial charge in [0.05, 0.1) is 5.71 Å². The smallest absolute Gasteiger partial charge is 0.236 e. The normalized spacial score (nSPS) is 11.2. The number of para-hydroxylation sites is 1. The van der Waals surface area contributed by atoms with E-state index in [2.05, 4.69) is 10.5 Å². The van der Waals surface area contributed by atoms with Crippen molar-refractivity contribution in [1.82, 2.24) is 5.43 Å². The summed E-state index contributed by atoms with van der Waals surface area (Å²) in [5.74, 6) is -0.0557. The molecule has 0 spiro atoms. The maximum Gasteiger partial charge on any atom is 0.236 e. The van der Waals surface area contributed by atoms with E-state index in [0.29, 0.717) is 17.7 Å². The summed E-state index contributed by atoms with van der Waals surface area (Å²) in [6.07, 6.45) is 0.637. The molecule has 0 atom stereocenters. The first kappa shape index (κ1) is 11.2. The third-order valence-corrected chi connectivity index (χ3v) is 1.90. The summed E-state index contributed by atoms with van der Waals surface area (Å²) in [7, 11) is 0. The lowest BCUT2D eigenvalue weighted by atomic mass is 10.1. The number of carbonyl (C=O) groups is 1. The molecular weight excluding hydrogens is 192 g/mol. The van der Waals surface area contributed by atoms with Crippen molar-refractivity contribution in [3.8, 4) is 5.75 Å². The van der Waals surface area contributed by atoms with E-state index in [1.54, 1.807) is 18.2 Å². The number of phenols is 1. The van der Waals surface area contributed by atoms with Crippen LogP contribution in [0, 0.1) is 0 Å². The molecule has 0 fully saturated rings. The summed E-state index contributed by atoms with van der Waals surface area (Å²) in [6, 6.07) is 6.91. The van der Waals surface area contributed by atoms with Gasteiger partial charge in [0.25, 0.3) is 0 Å². The third-order valence-electron chi connectivity index (χ3n) is 1.90. The van der Waals surface area contributed by atoms with Gasteiger partial charge in [0, 0.05) is 12.5 Å². The van der Waals surface area contributed by atoms with Crippen molar-refractivity contribution in [2.24, 2.45) is 5.10 Å². The predicted octanol–water partition coefficient (Wildman–Crippen LogP) is 1.64. The van der Waals surface area contributed by atoms with Gasteiger partial charge in [-0.05, 0) is 18.6 Å². The second kappa shape index (κ2) is 5.14. The number of nitrogens with one attached hydrogen (secondary N) is 1. The Morgan fingerprint density at radius 1 is 1.47 bits per heavy atom. The Morgan fingerprint density at radius 3 is 2.67 bits per heavy atom. The van der Waals surface area contributed by atoms with Crippen LogP contribution in [0.25, 0.3) is 0 Å². The average molecular weight is 206 g/mol. The highest BCUT2D eigenvalue weighted by atomic mass is 16.3. The molecule has 0 bridgehead atoms. The van der Waals surface area contributed by atoms with E-state index >= 15 is 0 Å². The minimum absolute atomic E-state index is 0.170. The molecule has 1 aromatic rings. The lowest BCUT2D eigenvalue weighted by Crippen LogP contribution is -2.16. The molecule has 1 amide bonds. The summed E-state index contributed by atoms with van der Waals surface area (Å²) >= 11 is 0. The SMILES string of the molecule is CCC(=NNC(C)=O)c1ccccc1O. The molecule has 2 N–H and O–H groups in total. The summed E-state index contributed by atoms with van der Waals surface area (Å²) in [5.41, 5.74) is 3.66. The molecule has 0 radical (unpaired) electrons. The zero-order valence-corrected chi connectivity index (χ0v) is 8.82. The standard InChI is InChI=1S/C11H14N2O2/c1-3-10(13-12-8(2)14)9-6-4-5-7-11(9)15/h4-7,15H,3H2,1-2H3,(H,12,14). The first-order chi connectivity index (χ1) is 7.15. The Kier molecular flexibility index (Phi) is 3.85. The Hall–Kier alpha value is -1.84. The van der Waals surface area contributed by atoms with Crippen LogP contribution in [-0.2, 0) is 4.79 Å². The molecule has 4 nitrogen and oxygen atoms in total. The van der Waals surface area contributed by atoms with Crippen LogP contribution in [0.3, 0.4) is 0 Å². The number of amides is 1. The van der Waals surface area contributed by atoms with Gasteiger partial charge in [-0.1, -0.05) is 19.1 Å². The first-order valence-electron chi connectivity index (χ1n) is 4.76. The van der Waals surface area contributed by atoms with E-state index in [1.165, 1.54) is 6.92 Å². The first-order valence-corrected chi connectivity index (χ1v) is 4.76. The highest BCUT2D eigenvalue weighted by molar-refractivity contribution is 6.02. The van der Waals surface area contributed by atoms with Crippen LogP contribution >= 0.6 is 0 Å². The second-order valence-electron chi connectivity index (χ2n) is 3.10. The summed E-state index contributed by atoms with van der Waals surface area (Å²) < 4.78 is 0. The summed E-state index contributed by atoms with van der Waals surface area (Å²) in [4.78, 5) is 10.7. The molecule has 0 aromatic heterocycles. The molecule has 0 saturated heterocycles. The van der Waals surface area contributed by atoms with Gasteiger partial charge in [0.1, 0.15) is 5.75 Å². The molecule has 0 heterocycles. The van der Waals surface area contributed by atoms with Crippen LogP contribution in [0.4, 0.5) is 0 Å². The van der Waals surface area contributed by atoms with E-state index < -0.39 is 0 Å². The van der Waals surface area contributed by atoms with Gasteiger partial charge < -0.3 is 5.11 Å². The van der Waals surface area contributed by atoms with Crippen molar-refractivity contribution in [2.45, 2.75) is 20.3 Å². The van der Waals surface area contributed by atoms with E-state index in [0.717, 1.165) is 0 Å². The maximum atomic E-state index is 10.7. The van der Waals surface area contributed by atoms with Crippen molar-refractivity contribution >= 4 is 11.6 Å². The van der Waals surface area contributed by atoms with Gasteiger partial charge in [0.15, 0.2) is 0 Å². The van der Waals surface area contributed by atoms with Crippen molar-refractivity contribution in [2.75, 3.05) is 0 Å². The highest BCUT2D eigenvalue weighted by Crippen LogP contribution is 2.17. The van der Waals surface area contributed by atoms with Crippen LogP contribution in [0.15, 0.2) is 29.4 Å². The second-order valence-corrected chi connectivity index (χ2v) is 3.10. The zero-order valence-electron chi connectivity index (χ0n) is 8.82. The fraction of sp³-hybridized carbons (Fsp3) is 0.273.